The molecule has 0 unspecified atom stereocenters. The van der Waals surface area contributed by atoms with Crippen LogP contribution >= 0.6 is 0 Å². The van der Waals surface area contributed by atoms with Crippen molar-refractivity contribution in [3.8, 4) is 11.5 Å². The van der Waals surface area contributed by atoms with Gasteiger partial charge in [-0.05, 0) is 24.6 Å². The molecular formula is C13H21NO3. The third kappa shape index (κ3) is 4.24. The second kappa shape index (κ2) is 7.14. The molecule has 0 aromatic heterocycles. The fourth-order valence-electron chi connectivity index (χ4n) is 1.59. The van der Waals surface area contributed by atoms with Crippen LogP contribution in [0.1, 0.15) is 12.5 Å². The van der Waals surface area contributed by atoms with Gasteiger partial charge in [0.05, 0.1) is 20.8 Å². The molecule has 0 aliphatic rings. The standard InChI is InChI=1S/C13H21NO3/c1-10(9-15-2)14-8-11-5-6-12(16-3)13(7-11)17-4/h5-7,10,14H,8-9H2,1-4H3/t10-/m1/s1. The Hall–Kier alpha value is -1.26. The van der Waals surface area contributed by atoms with Crippen LogP contribution in [-0.2, 0) is 11.3 Å². The van der Waals surface area contributed by atoms with E-state index >= 15 is 0 Å². The first-order valence-corrected chi connectivity index (χ1v) is 5.64. The normalized spacial score (nSPS) is 12.2. The zero-order valence-electron chi connectivity index (χ0n) is 10.9. The smallest absolute Gasteiger partial charge is 0.161 e. The average molecular weight is 239 g/mol. The Bertz CT molecular complexity index is 341. The number of hydrogen-bond donors (Lipinski definition) is 1. The molecule has 0 saturated carbocycles. The van der Waals surface area contributed by atoms with Crippen molar-refractivity contribution in [3.63, 3.8) is 0 Å². The summed E-state index contributed by atoms with van der Waals surface area (Å²) in [5.41, 5.74) is 1.16. The minimum Gasteiger partial charge on any atom is -0.493 e. The van der Waals surface area contributed by atoms with Gasteiger partial charge in [0.15, 0.2) is 11.5 Å². The minimum absolute atomic E-state index is 0.327. The van der Waals surface area contributed by atoms with E-state index in [1.165, 1.54) is 0 Å². The Balaban J connectivity index is 2.60. The minimum atomic E-state index is 0.327. The molecule has 1 rings (SSSR count). The lowest BCUT2D eigenvalue weighted by Gasteiger charge is -2.14. The van der Waals surface area contributed by atoms with E-state index in [0.29, 0.717) is 12.6 Å². The van der Waals surface area contributed by atoms with Crippen LogP contribution in [0.15, 0.2) is 18.2 Å². The molecule has 0 fully saturated rings. The maximum atomic E-state index is 5.25. The second-order valence-electron chi connectivity index (χ2n) is 3.93. The van der Waals surface area contributed by atoms with Gasteiger partial charge in [-0.3, -0.25) is 0 Å². The largest absolute Gasteiger partial charge is 0.493 e. The Labute approximate surface area is 103 Å². The molecule has 4 nitrogen and oxygen atoms in total. The molecule has 4 heteroatoms. The fourth-order valence-corrected chi connectivity index (χ4v) is 1.59. The second-order valence-corrected chi connectivity index (χ2v) is 3.93. The van der Waals surface area contributed by atoms with Crippen LogP contribution in [0, 0.1) is 0 Å². The van der Waals surface area contributed by atoms with Gasteiger partial charge in [0.1, 0.15) is 0 Å². The van der Waals surface area contributed by atoms with Gasteiger partial charge in [0.25, 0.3) is 0 Å². The maximum Gasteiger partial charge on any atom is 0.161 e. The summed E-state index contributed by atoms with van der Waals surface area (Å²) in [7, 11) is 4.98. The summed E-state index contributed by atoms with van der Waals surface area (Å²) in [5.74, 6) is 1.51. The predicted molar refractivity (Wildman–Crippen MR) is 67.7 cm³/mol. The molecule has 1 N–H and O–H groups in total. The van der Waals surface area contributed by atoms with Crippen molar-refractivity contribution in [1.29, 1.82) is 0 Å². The molecule has 0 spiro atoms. The zero-order valence-corrected chi connectivity index (χ0v) is 10.9. The summed E-state index contributed by atoms with van der Waals surface area (Å²) < 4.78 is 15.5. The van der Waals surface area contributed by atoms with E-state index in [1.54, 1.807) is 21.3 Å². The van der Waals surface area contributed by atoms with Crippen molar-refractivity contribution in [1.82, 2.24) is 5.32 Å². The Morgan fingerprint density at radius 3 is 2.41 bits per heavy atom. The number of hydrogen-bond acceptors (Lipinski definition) is 4. The molecule has 0 heterocycles. The molecule has 0 bridgehead atoms. The van der Waals surface area contributed by atoms with Crippen LogP contribution < -0.4 is 14.8 Å². The predicted octanol–water partition coefficient (Wildman–Crippen LogP) is 1.83. The topological polar surface area (TPSA) is 39.7 Å². The Morgan fingerprint density at radius 2 is 1.82 bits per heavy atom. The van der Waals surface area contributed by atoms with Gasteiger partial charge in [-0.25, -0.2) is 0 Å². The molecule has 1 atom stereocenters. The van der Waals surface area contributed by atoms with Crippen LogP contribution in [-0.4, -0.2) is 34.0 Å². The molecule has 0 aliphatic carbocycles. The van der Waals surface area contributed by atoms with Gasteiger partial charge < -0.3 is 19.5 Å². The average Bonchev–Trinajstić information content (AvgIpc) is 2.36. The lowest BCUT2D eigenvalue weighted by molar-refractivity contribution is 0.171. The summed E-state index contributed by atoms with van der Waals surface area (Å²) in [6, 6.07) is 6.24. The SMILES string of the molecule is COC[C@@H](C)NCc1ccc(OC)c(OC)c1. The number of methoxy groups -OCH3 is 3. The number of nitrogens with one attached hydrogen (secondary N) is 1. The molecule has 1 aromatic carbocycles. The van der Waals surface area contributed by atoms with E-state index in [1.807, 2.05) is 18.2 Å². The lowest BCUT2D eigenvalue weighted by atomic mass is 10.2. The lowest BCUT2D eigenvalue weighted by Crippen LogP contribution is -2.29. The van der Waals surface area contributed by atoms with E-state index in [2.05, 4.69) is 12.2 Å². The van der Waals surface area contributed by atoms with Crippen molar-refractivity contribution in [2.24, 2.45) is 0 Å². The summed E-state index contributed by atoms with van der Waals surface area (Å²) >= 11 is 0. The van der Waals surface area contributed by atoms with Crippen LogP contribution in [0.3, 0.4) is 0 Å². The molecule has 17 heavy (non-hydrogen) atoms. The van der Waals surface area contributed by atoms with E-state index in [-0.39, 0.29) is 0 Å². The molecule has 1 aromatic rings. The molecule has 0 aliphatic heterocycles. The highest BCUT2D eigenvalue weighted by molar-refractivity contribution is 5.42. The van der Waals surface area contributed by atoms with Crippen LogP contribution in [0.2, 0.25) is 0 Å². The fraction of sp³-hybridized carbons (Fsp3) is 0.538. The van der Waals surface area contributed by atoms with Crippen molar-refractivity contribution < 1.29 is 14.2 Å². The quantitative estimate of drug-likeness (QED) is 0.788. The van der Waals surface area contributed by atoms with Gasteiger partial charge in [0.2, 0.25) is 0 Å². The molecule has 0 amide bonds. The van der Waals surface area contributed by atoms with E-state index in [9.17, 15) is 0 Å². The molecule has 0 radical (unpaired) electrons. The highest BCUT2D eigenvalue weighted by atomic mass is 16.5. The molecule has 96 valence electrons. The molecule has 0 saturated heterocycles. The highest BCUT2D eigenvalue weighted by Gasteiger charge is 2.05. The van der Waals surface area contributed by atoms with Crippen molar-refractivity contribution in [3.05, 3.63) is 23.8 Å². The number of rotatable bonds is 7. The van der Waals surface area contributed by atoms with Gasteiger partial charge >= 0.3 is 0 Å². The summed E-state index contributed by atoms with van der Waals surface area (Å²) in [4.78, 5) is 0. The van der Waals surface area contributed by atoms with Gasteiger partial charge in [-0.2, -0.15) is 0 Å². The van der Waals surface area contributed by atoms with Gasteiger partial charge in [-0.1, -0.05) is 6.07 Å². The van der Waals surface area contributed by atoms with Crippen molar-refractivity contribution >= 4 is 0 Å². The van der Waals surface area contributed by atoms with Crippen LogP contribution in [0.5, 0.6) is 11.5 Å². The van der Waals surface area contributed by atoms with Crippen molar-refractivity contribution in [2.45, 2.75) is 19.5 Å². The van der Waals surface area contributed by atoms with E-state index < -0.39 is 0 Å². The van der Waals surface area contributed by atoms with E-state index in [4.69, 9.17) is 14.2 Å². The summed E-state index contributed by atoms with van der Waals surface area (Å²) in [6.45, 7) is 3.57. The number of ether oxygens (including phenoxy) is 3. The zero-order chi connectivity index (χ0) is 12.7. The molecular weight excluding hydrogens is 218 g/mol. The first-order valence-electron chi connectivity index (χ1n) is 5.64. The first-order chi connectivity index (χ1) is 8.21. The Kier molecular flexibility index (Phi) is 5.80. The highest BCUT2D eigenvalue weighted by Crippen LogP contribution is 2.27. The van der Waals surface area contributed by atoms with Gasteiger partial charge in [0, 0.05) is 19.7 Å². The third-order valence-electron chi connectivity index (χ3n) is 2.52. The Morgan fingerprint density at radius 1 is 1.12 bits per heavy atom. The maximum absolute atomic E-state index is 5.25. The number of benzene rings is 1. The van der Waals surface area contributed by atoms with E-state index in [0.717, 1.165) is 23.6 Å². The van der Waals surface area contributed by atoms with Crippen LogP contribution in [0.25, 0.3) is 0 Å². The first kappa shape index (κ1) is 13.8. The third-order valence-corrected chi connectivity index (χ3v) is 2.52. The van der Waals surface area contributed by atoms with Gasteiger partial charge in [-0.15, -0.1) is 0 Å². The summed E-state index contributed by atoms with van der Waals surface area (Å²) in [5, 5.41) is 3.37. The van der Waals surface area contributed by atoms with Crippen molar-refractivity contribution in [2.75, 3.05) is 27.9 Å². The van der Waals surface area contributed by atoms with Crippen LogP contribution in [0.4, 0.5) is 0 Å². The monoisotopic (exact) mass is 239 g/mol. The summed E-state index contributed by atoms with van der Waals surface area (Å²) in [6.07, 6.45) is 0.